The zero-order valence-corrected chi connectivity index (χ0v) is 32.3. The second-order valence-corrected chi connectivity index (χ2v) is 15.3. The number of benzene rings is 3. The van der Waals surface area contributed by atoms with E-state index < -0.39 is 5.97 Å². The van der Waals surface area contributed by atoms with Gasteiger partial charge in [-0.1, -0.05) is 49.0 Å². The Hall–Kier alpha value is -4.36. The number of hydrogen-bond donors (Lipinski definition) is 2. The molecular weight excluding hydrogens is 709 g/mol. The first-order chi connectivity index (χ1) is 25.8. The number of aromatic carboxylic acids is 1. The molecule has 1 saturated heterocycles. The van der Waals surface area contributed by atoms with Crippen LogP contribution >= 0.6 is 23.1 Å². The molecule has 1 amide bonds. The number of morpholine rings is 1. The van der Waals surface area contributed by atoms with Gasteiger partial charge in [0.1, 0.15) is 18.1 Å². The third-order valence-corrected chi connectivity index (χ3v) is 12.1. The number of aromatic nitrogens is 1. The molecule has 0 unspecified atom stereocenters. The summed E-state index contributed by atoms with van der Waals surface area (Å²) in [5.74, 6) is 0.348. The zero-order chi connectivity index (χ0) is 37.2. The lowest BCUT2D eigenvalue weighted by Gasteiger charge is -2.30. The minimum Gasteiger partial charge on any atom is -0.494 e. The monoisotopic (exact) mass is 756 g/mol. The molecule has 1 fully saturated rings. The summed E-state index contributed by atoms with van der Waals surface area (Å²) >= 11 is 2.99. The Bertz CT molecular complexity index is 1900. The maximum atomic E-state index is 13.9. The van der Waals surface area contributed by atoms with Crippen LogP contribution in [0.25, 0.3) is 0 Å². The van der Waals surface area contributed by atoms with Crippen molar-refractivity contribution in [2.24, 2.45) is 0 Å². The number of hydrogen-bond acceptors (Lipinski definition) is 10. The van der Waals surface area contributed by atoms with Crippen LogP contribution in [0, 0.1) is 6.92 Å². The molecule has 1 aromatic heterocycles. The molecule has 2 N–H and O–H groups in total. The van der Waals surface area contributed by atoms with E-state index in [1.54, 1.807) is 11.8 Å². The highest BCUT2D eigenvalue weighted by molar-refractivity contribution is 8.03. The fourth-order valence-electron chi connectivity index (χ4n) is 6.27. The van der Waals surface area contributed by atoms with Crippen molar-refractivity contribution >= 4 is 40.1 Å². The molecule has 0 spiro atoms. The molecule has 2 aliphatic heterocycles. The number of thiazole rings is 1. The average Bonchev–Trinajstić information content (AvgIpc) is 3.62. The smallest absolute Gasteiger partial charge is 0.355 e. The van der Waals surface area contributed by atoms with E-state index in [1.165, 1.54) is 11.3 Å². The van der Waals surface area contributed by atoms with Crippen molar-refractivity contribution < 1.29 is 28.9 Å². The largest absolute Gasteiger partial charge is 0.494 e. The molecular formula is C41H48N4O6S2. The van der Waals surface area contributed by atoms with Crippen molar-refractivity contribution in [2.75, 3.05) is 57.5 Å². The van der Waals surface area contributed by atoms with Crippen LogP contribution in [0.4, 0.5) is 5.13 Å². The lowest BCUT2D eigenvalue weighted by molar-refractivity contribution is 0.0322. The Morgan fingerprint density at radius 1 is 0.981 bits per heavy atom. The van der Waals surface area contributed by atoms with E-state index in [0.29, 0.717) is 49.8 Å². The predicted molar refractivity (Wildman–Crippen MR) is 211 cm³/mol. The highest BCUT2D eigenvalue weighted by Gasteiger charge is 2.27. The molecule has 0 radical (unpaired) electrons. The van der Waals surface area contributed by atoms with Crippen molar-refractivity contribution in [3.05, 3.63) is 110 Å². The number of carboxylic acids is 1. The van der Waals surface area contributed by atoms with Gasteiger partial charge >= 0.3 is 5.97 Å². The van der Waals surface area contributed by atoms with Gasteiger partial charge in [-0.2, -0.15) is 0 Å². The normalized spacial score (nSPS) is 15.0. The van der Waals surface area contributed by atoms with Gasteiger partial charge in [-0.15, -0.1) is 11.3 Å². The van der Waals surface area contributed by atoms with Gasteiger partial charge in [-0.3, -0.25) is 9.69 Å². The van der Waals surface area contributed by atoms with E-state index in [9.17, 15) is 14.7 Å². The van der Waals surface area contributed by atoms with E-state index in [2.05, 4.69) is 59.1 Å². The number of rotatable bonds is 16. The third kappa shape index (κ3) is 10.2. The molecule has 280 valence electrons. The maximum Gasteiger partial charge on any atom is 0.355 e. The number of aryl methyl sites for hydroxylation is 2. The molecule has 12 heteroatoms. The standard InChI is InChI=1S/C41H48N4O6S2/c1-4-28(2)39(52-35-12-6-5-9-29(35)3)43-38(46)33-11-7-10-30-18-19-45(27-34(30)33)41-42-37(40(47)48)36(53-41)13-8-23-50-31-14-16-32(17-15-31)51-26-22-44-20-24-49-25-21-44/h5-7,9-12,14-17H,4,8,13,18-27H2,1-3H3,(H,43,46)(H,47,48). The Balaban J connectivity index is 1.05. The Morgan fingerprint density at radius 3 is 2.43 bits per heavy atom. The first kappa shape index (κ1) is 38.4. The number of nitrogens with zero attached hydrogens (tertiary/aromatic N) is 3. The minimum atomic E-state index is -1.04. The molecule has 10 nitrogen and oxygen atoms in total. The molecule has 3 aromatic carbocycles. The summed E-state index contributed by atoms with van der Waals surface area (Å²) < 4.78 is 17.3. The fraction of sp³-hybridized carbons (Fsp3) is 0.390. The van der Waals surface area contributed by atoms with Crippen LogP contribution in [0.2, 0.25) is 0 Å². The summed E-state index contributed by atoms with van der Waals surface area (Å²) in [5.41, 5.74) is 5.04. The van der Waals surface area contributed by atoms with Crippen molar-refractivity contribution in [1.29, 1.82) is 0 Å². The van der Waals surface area contributed by atoms with Crippen molar-refractivity contribution in [3.63, 3.8) is 0 Å². The summed E-state index contributed by atoms with van der Waals surface area (Å²) in [5, 5.41) is 14.8. The first-order valence-corrected chi connectivity index (χ1v) is 19.9. The molecule has 3 heterocycles. The van der Waals surface area contributed by atoms with Crippen LogP contribution in [0.3, 0.4) is 0 Å². The number of amides is 1. The number of fused-ring (bicyclic) bond motifs is 1. The van der Waals surface area contributed by atoms with E-state index in [0.717, 1.165) is 94.3 Å². The van der Waals surface area contributed by atoms with Crippen LogP contribution in [-0.2, 0) is 24.1 Å². The first-order valence-electron chi connectivity index (χ1n) is 18.3. The van der Waals surface area contributed by atoms with E-state index in [1.807, 2.05) is 48.5 Å². The minimum absolute atomic E-state index is 0.0819. The number of carbonyl (C=O) groups excluding carboxylic acids is 1. The van der Waals surface area contributed by atoms with Crippen LogP contribution in [0.1, 0.15) is 69.1 Å². The number of ether oxygens (including phenoxy) is 3. The summed E-state index contributed by atoms with van der Waals surface area (Å²) in [6.45, 7) is 12.7. The second-order valence-electron chi connectivity index (χ2n) is 13.2. The fourth-order valence-corrected chi connectivity index (χ4v) is 8.45. The summed E-state index contributed by atoms with van der Waals surface area (Å²) in [6.07, 6.45) is 2.72. The number of anilines is 1. The van der Waals surface area contributed by atoms with Crippen molar-refractivity contribution in [2.45, 2.75) is 57.9 Å². The van der Waals surface area contributed by atoms with Crippen molar-refractivity contribution in [3.8, 4) is 11.5 Å². The van der Waals surface area contributed by atoms with Crippen LogP contribution in [0.5, 0.6) is 11.5 Å². The Labute approximate surface area is 320 Å². The van der Waals surface area contributed by atoms with E-state index >= 15 is 0 Å². The van der Waals surface area contributed by atoms with Gasteiger partial charge in [0, 0.05) is 48.1 Å². The molecule has 0 aliphatic carbocycles. The van der Waals surface area contributed by atoms with Gasteiger partial charge in [0.2, 0.25) is 0 Å². The highest BCUT2D eigenvalue weighted by Crippen LogP contribution is 2.34. The van der Waals surface area contributed by atoms with Gasteiger partial charge < -0.3 is 29.5 Å². The molecule has 0 saturated carbocycles. The number of thioether (sulfide) groups is 1. The lowest BCUT2D eigenvalue weighted by Crippen LogP contribution is -2.38. The van der Waals surface area contributed by atoms with Gasteiger partial charge in [0.25, 0.3) is 5.91 Å². The van der Waals surface area contributed by atoms with Crippen LogP contribution in [0.15, 0.2) is 82.2 Å². The third-order valence-electron chi connectivity index (χ3n) is 9.55. The van der Waals surface area contributed by atoms with E-state index in [-0.39, 0.29) is 11.6 Å². The average molecular weight is 757 g/mol. The summed E-state index contributed by atoms with van der Waals surface area (Å²) in [4.78, 5) is 37.0. The lowest BCUT2D eigenvalue weighted by atomic mass is 9.94. The summed E-state index contributed by atoms with van der Waals surface area (Å²) in [7, 11) is 0. The van der Waals surface area contributed by atoms with Gasteiger partial charge in [0.05, 0.1) is 24.8 Å². The number of carbonyl (C=O) groups is 2. The maximum absolute atomic E-state index is 13.9. The topological polar surface area (TPSA) is 113 Å². The van der Waals surface area contributed by atoms with Crippen LogP contribution < -0.4 is 19.7 Å². The van der Waals surface area contributed by atoms with Gasteiger partial charge in [-0.05, 0) is 98.2 Å². The van der Waals surface area contributed by atoms with Crippen molar-refractivity contribution in [1.82, 2.24) is 15.2 Å². The highest BCUT2D eigenvalue weighted by atomic mass is 32.2. The SMILES string of the molecule is CCC(C)=C(NC(=O)c1cccc2c1CN(c1nc(C(=O)O)c(CCCOc3ccc(OCCN4CCOCC4)cc3)s1)CC2)Sc1ccccc1C. The summed E-state index contributed by atoms with van der Waals surface area (Å²) in [6, 6.07) is 21.7. The Morgan fingerprint density at radius 2 is 1.72 bits per heavy atom. The Kier molecular flexibility index (Phi) is 13.5. The molecule has 53 heavy (non-hydrogen) atoms. The second kappa shape index (κ2) is 18.6. The van der Waals surface area contributed by atoms with Gasteiger partial charge in [0.15, 0.2) is 10.8 Å². The molecule has 0 atom stereocenters. The molecule has 2 aliphatic rings. The molecule has 4 aromatic rings. The van der Waals surface area contributed by atoms with Crippen LogP contribution in [-0.4, -0.2) is 79.5 Å². The molecule has 6 rings (SSSR count). The quantitative estimate of drug-likeness (QED) is 0.0876. The zero-order valence-electron chi connectivity index (χ0n) is 30.7. The van der Waals surface area contributed by atoms with Gasteiger partial charge in [-0.25, -0.2) is 9.78 Å². The number of allylic oxidation sites excluding steroid dienone is 1. The number of nitrogens with one attached hydrogen (secondary N) is 1. The number of carboxylic acid groups (broad SMARTS) is 1. The van der Waals surface area contributed by atoms with E-state index in [4.69, 9.17) is 14.2 Å². The predicted octanol–water partition coefficient (Wildman–Crippen LogP) is 7.60. The molecule has 0 bridgehead atoms.